The average Bonchev–Trinajstić information content (AvgIpc) is 2.05. The molecule has 1 atom stereocenters. The van der Waals surface area contributed by atoms with Crippen LogP contribution in [0.1, 0.15) is 11.6 Å². The van der Waals surface area contributed by atoms with Crippen molar-refractivity contribution in [3.63, 3.8) is 0 Å². The lowest BCUT2D eigenvalue weighted by Gasteiger charge is -2.06. The van der Waals surface area contributed by atoms with Crippen molar-refractivity contribution >= 4 is 12.4 Å². The number of aliphatic hydroxyl groups is 1. The van der Waals surface area contributed by atoms with Crippen LogP contribution in [0.3, 0.4) is 0 Å². The van der Waals surface area contributed by atoms with E-state index in [2.05, 4.69) is 0 Å². The number of rotatable bonds is 2. The maximum atomic E-state index is 12.4. The van der Waals surface area contributed by atoms with E-state index < -0.39 is 6.04 Å². The van der Waals surface area contributed by atoms with Crippen LogP contribution >= 0.6 is 12.4 Å². The highest BCUT2D eigenvalue weighted by atomic mass is 35.5. The van der Waals surface area contributed by atoms with Crippen molar-refractivity contribution in [2.75, 3.05) is 6.61 Å². The number of aliphatic hydroxyl groups excluding tert-OH is 1. The third-order valence-electron chi connectivity index (χ3n) is 1.49. The molecular formula is C8H11ClFNO. The lowest BCUT2D eigenvalue weighted by atomic mass is 10.1. The van der Waals surface area contributed by atoms with E-state index in [9.17, 15) is 4.39 Å². The van der Waals surface area contributed by atoms with Gasteiger partial charge in [0.15, 0.2) is 0 Å². The third kappa shape index (κ3) is 2.77. The monoisotopic (exact) mass is 191 g/mol. The second-order valence-electron chi connectivity index (χ2n) is 2.34. The lowest BCUT2D eigenvalue weighted by Crippen LogP contribution is -2.14. The molecule has 0 amide bonds. The minimum Gasteiger partial charge on any atom is -0.394 e. The Balaban J connectivity index is 0.00000121. The molecule has 0 fully saturated rings. The zero-order valence-electron chi connectivity index (χ0n) is 6.40. The summed E-state index contributed by atoms with van der Waals surface area (Å²) >= 11 is 0. The molecule has 12 heavy (non-hydrogen) atoms. The van der Waals surface area contributed by atoms with Gasteiger partial charge in [0.1, 0.15) is 5.82 Å². The van der Waals surface area contributed by atoms with Crippen molar-refractivity contribution in [1.29, 1.82) is 0 Å². The third-order valence-corrected chi connectivity index (χ3v) is 1.49. The molecule has 1 rings (SSSR count). The van der Waals surface area contributed by atoms with Crippen molar-refractivity contribution in [1.82, 2.24) is 0 Å². The Labute approximate surface area is 76.6 Å². The zero-order valence-corrected chi connectivity index (χ0v) is 7.22. The van der Waals surface area contributed by atoms with Crippen LogP contribution in [0.5, 0.6) is 0 Å². The van der Waals surface area contributed by atoms with E-state index in [1.54, 1.807) is 12.1 Å². The molecule has 0 aliphatic rings. The summed E-state index contributed by atoms with van der Waals surface area (Å²) in [5.41, 5.74) is 6.22. The van der Waals surface area contributed by atoms with Gasteiger partial charge in [-0.25, -0.2) is 4.39 Å². The molecule has 0 bridgehead atoms. The van der Waals surface area contributed by atoms with Crippen molar-refractivity contribution in [2.24, 2.45) is 5.73 Å². The highest BCUT2D eigenvalue weighted by molar-refractivity contribution is 5.85. The van der Waals surface area contributed by atoms with Crippen LogP contribution in [-0.2, 0) is 0 Å². The smallest absolute Gasteiger partial charge is 0.123 e. The summed E-state index contributed by atoms with van der Waals surface area (Å²) in [5, 5.41) is 8.64. The number of halogens is 2. The highest BCUT2D eigenvalue weighted by Gasteiger charge is 2.02. The minimum atomic E-state index is -0.407. The Morgan fingerprint density at radius 1 is 1.33 bits per heavy atom. The van der Waals surface area contributed by atoms with E-state index in [0.717, 1.165) is 5.56 Å². The normalized spacial score (nSPS) is 11.9. The molecule has 0 aliphatic carbocycles. The van der Waals surface area contributed by atoms with Gasteiger partial charge in [-0.3, -0.25) is 0 Å². The van der Waals surface area contributed by atoms with E-state index in [0.29, 0.717) is 0 Å². The fourth-order valence-corrected chi connectivity index (χ4v) is 0.815. The summed E-state index contributed by atoms with van der Waals surface area (Å²) in [7, 11) is 0. The van der Waals surface area contributed by atoms with Gasteiger partial charge in [0, 0.05) is 0 Å². The van der Waals surface area contributed by atoms with E-state index in [1.807, 2.05) is 0 Å². The molecule has 0 radical (unpaired) electrons. The summed E-state index contributed by atoms with van der Waals surface area (Å²) in [6.07, 6.45) is 0. The van der Waals surface area contributed by atoms with Crippen molar-refractivity contribution in [2.45, 2.75) is 6.04 Å². The van der Waals surface area contributed by atoms with Gasteiger partial charge >= 0.3 is 0 Å². The number of hydrogen-bond acceptors (Lipinski definition) is 2. The Hall–Kier alpha value is -0.640. The SMILES string of the molecule is Cl.N[C@H](CO)c1ccc(F)cc1. The molecule has 0 heterocycles. The van der Waals surface area contributed by atoms with Gasteiger partial charge < -0.3 is 10.8 Å². The first kappa shape index (κ1) is 11.4. The topological polar surface area (TPSA) is 46.2 Å². The van der Waals surface area contributed by atoms with Crippen LogP contribution in [0.2, 0.25) is 0 Å². The summed E-state index contributed by atoms with van der Waals surface area (Å²) in [6.45, 7) is -0.119. The van der Waals surface area contributed by atoms with Crippen LogP contribution in [0.4, 0.5) is 4.39 Å². The molecule has 3 N–H and O–H groups in total. The summed E-state index contributed by atoms with van der Waals surface area (Å²) < 4.78 is 12.4. The van der Waals surface area contributed by atoms with E-state index in [4.69, 9.17) is 10.8 Å². The average molecular weight is 192 g/mol. The summed E-state index contributed by atoms with van der Waals surface area (Å²) in [5.74, 6) is -0.293. The standard InChI is InChI=1S/C8H10FNO.ClH/c9-7-3-1-6(2-4-7)8(10)5-11;/h1-4,8,11H,5,10H2;1H/t8-;/m1./s1. The second kappa shape index (κ2) is 5.09. The molecule has 0 saturated heterocycles. The molecule has 68 valence electrons. The molecule has 0 saturated carbocycles. The molecule has 1 aromatic rings. The minimum absolute atomic E-state index is 0. The number of hydrogen-bond donors (Lipinski definition) is 2. The first-order valence-electron chi connectivity index (χ1n) is 3.36. The van der Waals surface area contributed by atoms with E-state index in [1.165, 1.54) is 12.1 Å². The van der Waals surface area contributed by atoms with E-state index in [-0.39, 0.29) is 24.8 Å². The van der Waals surface area contributed by atoms with Gasteiger partial charge in [-0.1, -0.05) is 12.1 Å². The molecule has 0 aliphatic heterocycles. The second-order valence-corrected chi connectivity index (χ2v) is 2.34. The Morgan fingerprint density at radius 3 is 2.25 bits per heavy atom. The van der Waals surface area contributed by atoms with Crippen LogP contribution in [-0.4, -0.2) is 11.7 Å². The van der Waals surface area contributed by atoms with Crippen LogP contribution in [0.15, 0.2) is 24.3 Å². The molecule has 2 nitrogen and oxygen atoms in total. The van der Waals surface area contributed by atoms with Gasteiger partial charge in [0.05, 0.1) is 12.6 Å². The molecule has 1 aromatic carbocycles. The maximum Gasteiger partial charge on any atom is 0.123 e. The Bertz CT molecular complexity index is 227. The molecule has 0 spiro atoms. The van der Waals surface area contributed by atoms with E-state index >= 15 is 0 Å². The largest absolute Gasteiger partial charge is 0.394 e. The van der Waals surface area contributed by atoms with Gasteiger partial charge in [-0.2, -0.15) is 0 Å². The van der Waals surface area contributed by atoms with Crippen LogP contribution < -0.4 is 5.73 Å². The molecule has 4 heteroatoms. The quantitative estimate of drug-likeness (QED) is 0.739. The van der Waals surface area contributed by atoms with Gasteiger partial charge in [-0.15, -0.1) is 12.4 Å². The Kier molecular flexibility index (Phi) is 4.81. The van der Waals surface area contributed by atoms with Crippen LogP contribution in [0, 0.1) is 5.82 Å². The fourth-order valence-electron chi connectivity index (χ4n) is 0.815. The number of benzene rings is 1. The van der Waals surface area contributed by atoms with Crippen LogP contribution in [0.25, 0.3) is 0 Å². The molecule has 0 unspecified atom stereocenters. The lowest BCUT2D eigenvalue weighted by molar-refractivity contribution is 0.268. The summed E-state index contributed by atoms with van der Waals surface area (Å²) in [6, 6.07) is 5.37. The predicted octanol–water partition coefficient (Wildman–Crippen LogP) is 1.24. The van der Waals surface area contributed by atoms with Crippen molar-refractivity contribution < 1.29 is 9.50 Å². The van der Waals surface area contributed by atoms with Crippen molar-refractivity contribution in [3.05, 3.63) is 35.6 Å². The maximum absolute atomic E-state index is 12.4. The van der Waals surface area contributed by atoms with Gasteiger partial charge in [0.25, 0.3) is 0 Å². The molecule has 0 aromatic heterocycles. The van der Waals surface area contributed by atoms with Gasteiger partial charge in [0.2, 0.25) is 0 Å². The number of nitrogens with two attached hydrogens (primary N) is 1. The summed E-state index contributed by atoms with van der Waals surface area (Å²) in [4.78, 5) is 0. The van der Waals surface area contributed by atoms with Crippen molar-refractivity contribution in [3.8, 4) is 0 Å². The highest BCUT2D eigenvalue weighted by Crippen LogP contribution is 2.09. The van der Waals surface area contributed by atoms with Gasteiger partial charge in [-0.05, 0) is 17.7 Å². The first-order valence-corrected chi connectivity index (χ1v) is 3.36. The predicted molar refractivity (Wildman–Crippen MR) is 47.7 cm³/mol. The Morgan fingerprint density at radius 2 is 1.83 bits per heavy atom. The molecular weight excluding hydrogens is 181 g/mol. The first-order chi connectivity index (χ1) is 5.24. The zero-order chi connectivity index (χ0) is 8.27. The fraction of sp³-hybridized carbons (Fsp3) is 0.250.